The van der Waals surface area contributed by atoms with Crippen molar-refractivity contribution < 1.29 is 40.8 Å². The van der Waals surface area contributed by atoms with Crippen molar-refractivity contribution in [2.24, 2.45) is 5.41 Å². The van der Waals surface area contributed by atoms with Crippen LogP contribution in [0.4, 0.5) is 30.2 Å². The second-order valence-electron chi connectivity index (χ2n) is 20.4. The van der Waals surface area contributed by atoms with Gasteiger partial charge in [-0.3, -0.25) is 24.7 Å². The summed E-state index contributed by atoms with van der Waals surface area (Å²) < 4.78 is 86.6. The van der Waals surface area contributed by atoms with Crippen LogP contribution in [0, 0.1) is 27.2 Å². The van der Waals surface area contributed by atoms with Crippen molar-refractivity contribution in [3.05, 3.63) is 147 Å². The minimum Gasteiger partial charge on any atom is -0.455 e. The van der Waals surface area contributed by atoms with Gasteiger partial charge in [-0.1, -0.05) is 50.2 Å². The number of nitro groups is 1. The molecule has 6 aromatic rings. The Bertz CT molecular complexity index is 3120. The molecule has 4 fully saturated rings. The van der Waals surface area contributed by atoms with E-state index in [4.69, 9.17) is 9.47 Å². The van der Waals surface area contributed by atoms with Gasteiger partial charge < -0.3 is 24.7 Å². The second-order valence-corrected chi connectivity index (χ2v) is 22.1. The fourth-order valence-corrected chi connectivity index (χ4v) is 12.2. The Morgan fingerprint density at radius 1 is 0.959 bits per heavy atom. The summed E-state index contributed by atoms with van der Waals surface area (Å²) in [6, 6.07) is 24.8. The lowest BCUT2D eigenvalue weighted by molar-refractivity contribution is -0.384. The number of hydrogen-bond acceptors (Lipinski definition) is 12. The number of halogens is 3. The maximum atomic E-state index is 16.5. The summed E-state index contributed by atoms with van der Waals surface area (Å²) in [4.78, 5) is 39.2. The second kappa shape index (κ2) is 20.4. The van der Waals surface area contributed by atoms with E-state index in [9.17, 15) is 27.7 Å². The number of alkyl halides is 1. The number of aromatic nitrogens is 2. The first-order chi connectivity index (χ1) is 35.0. The molecule has 4 aliphatic rings. The van der Waals surface area contributed by atoms with Crippen LogP contribution in [0.3, 0.4) is 0 Å². The molecule has 0 bridgehead atoms. The Hall–Kier alpha value is -6.54. The van der Waals surface area contributed by atoms with Crippen LogP contribution >= 0.6 is 0 Å². The molecular formula is C54H59F3N8O7S. The van der Waals surface area contributed by atoms with Crippen LogP contribution in [0.2, 0.25) is 0 Å². The summed E-state index contributed by atoms with van der Waals surface area (Å²) in [5.74, 6) is -1.81. The van der Waals surface area contributed by atoms with E-state index >= 15 is 8.78 Å². The van der Waals surface area contributed by atoms with Crippen LogP contribution < -0.4 is 19.7 Å². The first-order valence-electron chi connectivity index (χ1n) is 24.9. The summed E-state index contributed by atoms with van der Waals surface area (Å²) >= 11 is 0. The third-order valence-corrected chi connectivity index (χ3v) is 16.7. The fourth-order valence-electron chi connectivity index (χ4n) is 11.2. The monoisotopic (exact) mass is 1020 g/mol. The minimum absolute atomic E-state index is 0.0692. The maximum absolute atomic E-state index is 16.5. The standard InChI is InChI=1S/C54H59F3N8O7S/c1-35(2)42-5-3-4-6-43(42)49-33-62(32-36-7-9-38(55)10-8-36)21-22-64(49)39-29-53(30-39)14-19-63(20-15-53)47-28-50(72-40-25-37-13-18-58-51(37)59-31-40)44(27-45(47)56)52(66)61-73(69,70)41-11-12-46(48(26-41)65(67)68)60-34-54(57)16-23-71-24-17-54/h3-13,18,25-28,31,35,39,49,60H,14-17,19-24,29-30,32-34H2,1-2H3,(H,58,59)(H,61,66)/t49-/m0/s1. The molecule has 1 spiro atoms. The van der Waals surface area contributed by atoms with Gasteiger partial charge in [0.1, 0.15) is 40.1 Å². The normalized spacial score (nSPS) is 19.5. The number of sulfonamides is 1. The first-order valence-corrected chi connectivity index (χ1v) is 26.4. The molecule has 5 heterocycles. The number of nitrogens with zero attached hydrogens (tertiary/aromatic N) is 5. The van der Waals surface area contributed by atoms with Gasteiger partial charge in [0.05, 0.1) is 27.3 Å². The molecule has 0 unspecified atom stereocenters. The molecule has 1 atom stereocenters. The van der Waals surface area contributed by atoms with Crippen molar-refractivity contribution in [1.29, 1.82) is 0 Å². The average Bonchev–Trinajstić information content (AvgIpc) is 3.84. The van der Waals surface area contributed by atoms with Gasteiger partial charge in [-0.15, -0.1) is 0 Å². The van der Waals surface area contributed by atoms with E-state index in [0.29, 0.717) is 36.1 Å². The molecule has 1 aliphatic carbocycles. The molecule has 4 aromatic carbocycles. The van der Waals surface area contributed by atoms with E-state index in [-0.39, 0.29) is 72.7 Å². The van der Waals surface area contributed by atoms with Crippen LogP contribution in [0.1, 0.15) is 91.4 Å². The van der Waals surface area contributed by atoms with Gasteiger partial charge in [-0.05, 0) is 96.2 Å². The molecule has 0 radical (unpaired) electrons. The lowest BCUT2D eigenvalue weighted by Gasteiger charge is -2.58. The zero-order chi connectivity index (χ0) is 51.1. The number of pyridine rings is 1. The number of piperidine rings is 1. The number of benzene rings is 4. The molecule has 73 heavy (non-hydrogen) atoms. The number of piperazine rings is 1. The highest BCUT2D eigenvalue weighted by molar-refractivity contribution is 7.90. The zero-order valence-corrected chi connectivity index (χ0v) is 41.6. The summed E-state index contributed by atoms with van der Waals surface area (Å²) in [5, 5.41) is 15.6. The number of anilines is 2. The predicted molar refractivity (Wildman–Crippen MR) is 271 cm³/mol. The molecule has 1 saturated carbocycles. The molecule has 3 N–H and O–H groups in total. The zero-order valence-electron chi connectivity index (χ0n) is 40.8. The Kier molecular flexibility index (Phi) is 14.0. The van der Waals surface area contributed by atoms with Crippen molar-refractivity contribution in [2.75, 3.05) is 62.7 Å². The average molecular weight is 1020 g/mol. The smallest absolute Gasteiger partial charge is 0.293 e. The summed E-state index contributed by atoms with van der Waals surface area (Å²) in [7, 11) is -4.79. The predicted octanol–water partition coefficient (Wildman–Crippen LogP) is 10.0. The van der Waals surface area contributed by atoms with Crippen LogP contribution in [0.25, 0.3) is 11.0 Å². The topological polar surface area (TPSA) is 175 Å². The summed E-state index contributed by atoms with van der Waals surface area (Å²) in [6.45, 7) is 9.07. The lowest BCUT2D eigenvalue weighted by atomic mass is 9.59. The lowest BCUT2D eigenvalue weighted by Crippen LogP contribution is -2.60. The van der Waals surface area contributed by atoms with Gasteiger partial charge in [0.2, 0.25) is 0 Å². The number of ether oxygens (including phenoxy) is 2. The molecule has 2 aromatic heterocycles. The number of nitrogens with one attached hydrogen (secondary N) is 3. The minimum atomic E-state index is -4.79. The molecule has 19 heteroatoms. The number of fused-ring (bicyclic) bond motifs is 1. The van der Waals surface area contributed by atoms with Crippen LogP contribution in [0.5, 0.6) is 11.5 Å². The van der Waals surface area contributed by atoms with Crippen LogP contribution in [-0.4, -0.2) is 103 Å². The fraction of sp³-hybridized carbons (Fsp3) is 0.407. The molecule has 15 nitrogen and oxygen atoms in total. The van der Waals surface area contributed by atoms with Crippen molar-refractivity contribution in [2.45, 2.75) is 87.5 Å². The summed E-state index contributed by atoms with van der Waals surface area (Å²) in [6.07, 6.45) is 6.96. The van der Waals surface area contributed by atoms with E-state index in [1.807, 2.05) is 21.8 Å². The molecule has 10 rings (SSSR count). The van der Waals surface area contributed by atoms with Gasteiger partial charge in [-0.2, -0.15) is 0 Å². The molecule has 3 aliphatic heterocycles. The summed E-state index contributed by atoms with van der Waals surface area (Å²) in [5.41, 5.74) is 1.75. The third kappa shape index (κ3) is 10.8. The van der Waals surface area contributed by atoms with E-state index in [1.54, 1.807) is 18.3 Å². The number of aromatic amines is 1. The van der Waals surface area contributed by atoms with Crippen molar-refractivity contribution >= 4 is 44.0 Å². The van der Waals surface area contributed by atoms with E-state index in [2.05, 4.69) is 63.2 Å². The number of nitro benzene ring substituents is 1. The van der Waals surface area contributed by atoms with Gasteiger partial charge in [-0.25, -0.2) is 31.3 Å². The number of rotatable bonds is 15. The van der Waals surface area contributed by atoms with Gasteiger partial charge >= 0.3 is 0 Å². The molecule has 384 valence electrons. The quantitative estimate of drug-likeness (QED) is 0.0657. The van der Waals surface area contributed by atoms with Crippen molar-refractivity contribution in [3.8, 4) is 11.5 Å². The Labute approximate surface area is 422 Å². The molecule has 3 saturated heterocycles. The van der Waals surface area contributed by atoms with Gasteiger partial charge in [0, 0.05) is 108 Å². The van der Waals surface area contributed by atoms with Gasteiger partial charge in [0.15, 0.2) is 0 Å². The van der Waals surface area contributed by atoms with Crippen LogP contribution in [0.15, 0.2) is 108 Å². The Balaban J connectivity index is 0.854. The number of amides is 1. The highest BCUT2D eigenvalue weighted by atomic mass is 32.2. The molecule has 1 amide bonds. The SMILES string of the molecule is CC(C)c1ccccc1[C@@H]1CN(Cc2ccc(F)cc2)CCN1C1CC2(CCN(c3cc(Oc4cnc5[nH]ccc5c4)c(C(=O)NS(=O)(=O)c4ccc(NCC5(F)CCOCC5)c([N+](=O)[O-])c4)cc3F)CC2)C1. The largest absolute Gasteiger partial charge is 0.455 e. The highest BCUT2D eigenvalue weighted by Gasteiger charge is 2.50. The number of hydrogen-bond donors (Lipinski definition) is 3. The van der Waals surface area contributed by atoms with E-state index in [1.165, 1.54) is 35.5 Å². The Morgan fingerprint density at radius 2 is 1.71 bits per heavy atom. The molecular weight excluding hydrogens is 962 g/mol. The third-order valence-electron chi connectivity index (χ3n) is 15.4. The number of carbonyl (C=O) groups excluding carboxylic acids is 1. The Morgan fingerprint density at radius 3 is 2.45 bits per heavy atom. The van der Waals surface area contributed by atoms with E-state index < -0.39 is 48.5 Å². The number of carbonyl (C=O) groups is 1. The maximum Gasteiger partial charge on any atom is 0.293 e. The van der Waals surface area contributed by atoms with E-state index in [0.717, 1.165) is 81.7 Å². The first kappa shape index (κ1) is 50.0. The highest BCUT2D eigenvalue weighted by Crippen LogP contribution is 2.54. The van der Waals surface area contributed by atoms with Crippen LogP contribution in [-0.2, 0) is 21.3 Å². The van der Waals surface area contributed by atoms with Crippen molar-refractivity contribution in [3.63, 3.8) is 0 Å². The number of H-pyrrole nitrogens is 1. The van der Waals surface area contributed by atoms with Crippen molar-refractivity contribution in [1.82, 2.24) is 24.5 Å². The van der Waals surface area contributed by atoms with Gasteiger partial charge in [0.25, 0.3) is 21.6 Å².